The first-order valence-electron chi connectivity index (χ1n) is 12.1. The van der Waals surface area contributed by atoms with Crippen molar-refractivity contribution in [2.45, 2.75) is 39.4 Å². The normalized spacial score (nSPS) is 11.1. The van der Waals surface area contributed by atoms with E-state index in [1.54, 1.807) is 14.0 Å². The third-order valence-electron chi connectivity index (χ3n) is 6.48. The summed E-state index contributed by atoms with van der Waals surface area (Å²) in [5.41, 5.74) is 5.95. The number of benzene rings is 4. The standard InChI is InChI=1S/C32H33NO3/c1-23(33)26-8-14-30(15-9-26)35-21-24-6-5-7-25(20-24)22-36-31-18-12-28(13-19-31)32(2,3)27-10-16-29(34-4)17-11-27/h5-20,33H,21-22H2,1-4H3. The van der Waals surface area contributed by atoms with Gasteiger partial charge in [-0.15, -0.1) is 0 Å². The molecular formula is C32H33NO3. The Hall–Kier alpha value is -4.05. The summed E-state index contributed by atoms with van der Waals surface area (Å²) >= 11 is 0. The lowest BCUT2D eigenvalue weighted by atomic mass is 9.78. The molecule has 36 heavy (non-hydrogen) atoms. The van der Waals surface area contributed by atoms with Crippen LogP contribution in [-0.2, 0) is 18.6 Å². The molecule has 0 heterocycles. The van der Waals surface area contributed by atoms with Crippen LogP contribution in [0.5, 0.6) is 17.2 Å². The zero-order valence-electron chi connectivity index (χ0n) is 21.4. The maximum atomic E-state index is 7.70. The van der Waals surface area contributed by atoms with Crippen molar-refractivity contribution in [1.29, 1.82) is 5.41 Å². The summed E-state index contributed by atoms with van der Waals surface area (Å²) < 4.78 is 17.3. The molecule has 0 saturated heterocycles. The van der Waals surface area contributed by atoms with Crippen molar-refractivity contribution in [2.24, 2.45) is 0 Å². The van der Waals surface area contributed by atoms with E-state index in [1.807, 2.05) is 54.6 Å². The Morgan fingerprint density at radius 2 is 1.11 bits per heavy atom. The summed E-state index contributed by atoms with van der Waals surface area (Å²) in [5, 5.41) is 7.70. The molecule has 0 spiro atoms. The van der Waals surface area contributed by atoms with Gasteiger partial charge in [0.05, 0.1) is 7.11 Å². The minimum atomic E-state index is -0.127. The van der Waals surface area contributed by atoms with Gasteiger partial charge in [-0.2, -0.15) is 0 Å². The number of rotatable bonds is 10. The van der Waals surface area contributed by atoms with Crippen LogP contribution < -0.4 is 14.2 Å². The van der Waals surface area contributed by atoms with Gasteiger partial charge in [0, 0.05) is 11.1 Å². The fourth-order valence-corrected chi connectivity index (χ4v) is 4.09. The van der Waals surface area contributed by atoms with E-state index in [-0.39, 0.29) is 5.41 Å². The van der Waals surface area contributed by atoms with Crippen molar-refractivity contribution in [2.75, 3.05) is 7.11 Å². The Morgan fingerprint density at radius 3 is 1.56 bits per heavy atom. The summed E-state index contributed by atoms with van der Waals surface area (Å²) in [6.45, 7) is 7.19. The van der Waals surface area contributed by atoms with Gasteiger partial charge < -0.3 is 19.6 Å². The number of hydrogen-bond donors (Lipinski definition) is 1. The van der Waals surface area contributed by atoms with Crippen molar-refractivity contribution >= 4 is 5.71 Å². The van der Waals surface area contributed by atoms with Crippen LogP contribution in [0, 0.1) is 5.41 Å². The van der Waals surface area contributed by atoms with Gasteiger partial charge in [0.1, 0.15) is 30.5 Å². The fourth-order valence-electron chi connectivity index (χ4n) is 4.09. The highest BCUT2D eigenvalue weighted by Gasteiger charge is 2.23. The molecule has 0 radical (unpaired) electrons. The first-order valence-corrected chi connectivity index (χ1v) is 12.1. The van der Waals surface area contributed by atoms with Crippen molar-refractivity contribution < 1.29 is 14.2 Å². The van der Waals surface area contributed by atoms with Crippen LogP contribution in [0.4, 0.5) is 0 Å². The molecule has 4 aromatic carbocycles. The predicted octanol–water partition coefficient (Wildman–Crippen LogP) is 7.57. The molecular weight excluding hydrogens is 446 g/mol. The number of nitrogens with one attached hydrogen (secondary N) is 1. The van der Waals surface area contributed by atoms with E-state index in [0.717, 1.165) is 33.9 Å². The van der Waals surface area contributed by atoms with E-state index in [9.17, 15) is 0 Å². The second kappa shape index (κ2) is 11.1. The van der Waals surface area contributed by atoms with E-state index in [0.29, 0.717) is 18.9 Å². The molecule has 0 fully saturated rings. The Balaban J connectivity index is 1.34. The van der Waals surface area contributed by atoms with E-state index in [4.69, 9.17) is 19.6 Å². The van der Waals surface area contributed by atoms with E-state index >= 15 is 0 Å². The van der Waals surface area contributed by atoms with Crippen LogP contribution in [0.2, 0.25) is 0 Å². The monoisotopic (exact) mass is 479 g/mol. The highest BCUT2D eigenvalue weighted by atomic mass is 16.5. The van der Waals surface area contributed by atoms with Crippen LogP contribution in [-0.4, -0.2) is 12.8 Å². The average Bonchev–Trinajstić information content (AvgIpc) is 2.91. The number of hydrogen-bond acceptors (Lipinski definition) is 4. The third-order valence-corrected chi connectivity index (χ3v) is 6.48. The molecule has 0 aromatic heterocycles. The molecule has 4 aromatic rings. The largest absolute Gasteiger partial charge is 0.497 e. The second-order valence-corrected chi connectivity index (χ2v) is 9.42. The van der Waals surface area contributed by atoms with Gasteiger partial charge in [-0.3, -0.25) is 0 Å². The van der Waals surface area contributed by atoms with Crippen LogP contribution in [0.15, 0.2) is 97.1 Å². The molecule has 4 heteroatoms. The minimum absolute atomic E-state index is 0.127. The van der Waals surface area contributed by atoms with Gasteiger partial charge in [-0.25, -0.2) is 0 Å². The summed E-state index contributed by atoms with van der Waals surface area (Å²) in [4.78, 5) is 0. The smallest absolute Gasteiger partial charge is 0.119 e. The molecule has 0 unspecified atom stereocenters. The maximum Gasteiger partial charge on any atom is 0.119 e. The third kappa shape index (κ3) is 6.14. The van der Waals surface area contributed by atoms with Crippen LogP contribution in [0.1, 0.15) is 48.6 Å². The topological polar surface area (TPSA) is 51.5 Å². The van der Waals surface area contributed by atoms with Crippen LogP contribution in [0.25, 0.3) is 0 Å². The molecule has 4 nitrogen and oxygen atoms in total. The number of methoxy groups -OCH3 is 1. The lowest BCUT2D eigenvalue weighted by Gasteiger charge is -2.26. The van der Waals surface area contributed by atoms with Crippen molar-refractivity contribution in [3.63, 3.8) is 0 Å². The quantitative estimate of drug-likeness (QED) is 0.239. The lowest BCUT2D eigenvalue weighted by molar-refractivity contribution is 0.300. The highest BCUT2D eigenvalue weighted by Crippen LogP contribution is 2.33. The first-order chi connectivity index (χ1) is 17.3. The van der Waals surface area contributed by atoms with Gasteiger partial charge >= 0.3 is 0 Å². The van der Waals surface area contributed by atoms with Gasteiger partial charge in [0.25, 0.3) is 0 Å². The Kier molecular flexibility index (Phi) is 7.74. The van der Waals surface area contributed by atoms with Crippen LogP contribution in [0.3, 0.4) is 0 Å². The summed E-state index contributed by atoms with van der Waals surface area (Å²) in [6.07, 6.45) is 0. The van der Waals surface area contributed by atoms with Crippen LogP contribution >= 0.6 is 0 Å². The molecule has 0 saturated carbocycles. The van der Waals surface area contributed by atoms with E-state index in [1.165, 1.54) is 11.1 Å². The molecule has 184 valence electrons. The molecule has 0 aliphatic carbocycles. The summed E-state index contributed by atoms with van der Waals surface area (Å²) in [5.74, 6) is 2.49. The molecule has 0 aliphatic heterocycles. The van der Waals surface area contributed by atoms with Crippen molar-refractivity contribution in [1.82, 2.24) is 0 Å². The van der Waals surface area contributed by atoms with E-state index in [2.05, 4.69) is 56.3 Å². The molecule has 0 bridgehead atoms. The molecule has 0 atom stereocenters. The van der Waals surface area contributed by atoms with Gasteiger partial charge in [-0.05, 0) is 89.3 Å². The molecule has 1 N–H and O–H groups in total. The maximum absolute atomic E-state index is 7.70. The molecule has 0 amide bonds. The van der Waals surface area contributed by atoms with Gasteiger partial charge in [0.2, 0.25) is 0 Å². The fraction of sp³-hybridized carbons (Fsp3) is 0.219. The Bertz CT molecular complexity index is 1290. The van der Waals surface area contributed by atoms with E-state index < -0.39 is 0 Å². The van der Waals surface area contributed by atoms with Crippen molar-refractivity contribution in [3.8, 4) is 17.2 Å². The second-order valence-electron chi connectivity index (χ2n) is 9.42. The summed E-state index contributed by atoms with van der Waals surface area (Å²) in [6, 6.07) is 32.4. The number of ether oxygens (including phenoxy) is 3. The molecule has 4 rings (SSSR count). The Labute approximate surface area is 214 Å². The SMILES string of the molecule is COc1ccc(C(C)(C)c2ccc(OCc3cccc(COc4ccc(C(C)=N)cc4)c3)cc2)cc1. The van der Waals surface area contributed by atoms with Gasteiger partial charge in [-0.1, -0.05) is 56.3 Å². The first kappa shape index (κ1) is 25.1. The average molecular weight is 480 g/mol. The van der Waals surface area contributed by atoms with Crippen molar-refractivity contribution in [3.05, 3.63) is 125 Å². The summed E-state index contributed by atoms with van der Waals surface area (Å²) in [7, 11) is 1.68. The lowest BCUT2D eigenvalue weighted by Crippen LogP contribution is -2.18. The Morgan fingerprint density at radius 1 is 0.667 bits per heavy atom. The zero-order chi connectivity index (χ0) is 25.5. The van der Waals surface area contributed by atoms with Gasteiger partial charge in [0.15, 0.2) is 0 Å². The minimum Gasteiger partial charge on any atom is -0.497 e. The predicted molar refractivity (Wildman–Crippen MR) is 146 cm³/mol. The zero-order valence-corrected chi connectivity index (χ0v) is 21.4. The molecule has 0 aliphatic rings. The highest BCUT2D eigenvalue weighted by molar-refractivity contribution is 5.96.